The van der Waals surface area contributed by atoms with Gasteiger partial charge in [-0.3, -0.25) is 0 Å². The zero-order valence-electron chi connectivity index (χ0n) is 35.6. The van der Waals surface area contributed by atoms with Crippen molar-refractivity contribution in [3.8, 4) is 44.5 Å². The summed E-state index contributed by atoms with van der Waals surface area (Å²) in [4.78, 5) is 2.55. The van der Waals surface area contributed by atoms with Gasteiger partial charge in [-0.15, -0.1) is 0 Å². The van der Waals surface area contributed by atoms with Crippen LogP contribution in [0.15, 0.2) is 243 Å². The van der Waals surface area contributed by atoms with E-state index in [2.05, 4.69) is 248 Å². The van der Waals surface area contributed by atoms with Crippen molar-refractivity contribution in [3.05, 3.63) is 282 Å². The molecule has 1 nitrogen and oxygen atoms in total. The first-order valence-electron chi connectivity index (χ1n) is 22.8. The molecule has 0 N–H and O–H groups in total. The number of hydrogen-bond acceptors (Lipinski definition) is 1. The van der Waals surface area contributed by atoms with Gasteiger partial charge in [-0.1, -0.05) is 218 Å². The summed E-state index contributed by atoms with van der Waals surface area (Å²) in [6.45, 7) is 0. The van der Waals surface area contributed by atoms with Crippen LogP contribution in [0.4, 0.5) is 17.1 Å². The average molecular weight is 824 g/mol. The number of rotatable bonds is 5. The molecule has 11 aromatic rings. The van der Waals surface area contributed by atoms with E-state index in [1.165, 1.54) is 111 Å². The zero-order valence-corrected chi connectivity index (χ0v) is 35.6. The molecule has 0 radical (unpaired) electrons. The summed E-state index contributed by atoms with van der Waals surface area (Å²) in [6.07, 6.45) is 0. The normalized spacial score (nSPS) is 13.6. The second kappa shape index (κ2) is 13.9. The maximum absolute atomic E-state index is 2.55. The fourth-order valence-electron chi connectivity index (χ4n) is 12.2. The van der Waals surface area contributed by atoms with E-state index in [0.717, 1.165) is 11.4 Å². The third kappa shape index (κ3) is 4.98. The van der Waals surface area contributed by atoms with Crippen LogP contribution in [0.2, 0.25) is 0 Å². The Morgan fingerprint density at radius 2 is 0.723 bits per heavy atom. The summed E-state index contributed by atoms with van der Waals surface area (Å²) in [5.74, 6) is 0.168. The fourth-order valence-corrected chi connectivity index (χ4v) is 12.2. The van der Waals surface area contributed by atoms with E-state index in [0.29, 0.717) is 0 Å². The standard InChI is InChI=1S/C64H41N/c1-2-18-41(19-3-1)61-52-27-8-10-29-54(52)63(55-30-11-9-28-53(55)61)65(43-36-34-42(35-37-43)62-50-25-6-4-20-45(50)46-21-5-7-26-51(46)62)44-38-39-60-56(40-44)49-24-14-17-33-59(49)64(60)57-31-15-12-22-47(57)48-23-13-16-32-58(48)64/h1-40,62H. The van der Waals surface area contributed by atoms with Crippen LogP contribution in [0.25, 0.3) is 66.1 Å². The molecule has 0 aromatic heterocycles. The number of benzene rings is 11. The molecule has 0 bridgehead atoms. The molecule has 3 aliphatic rings. The predicted molar refractivity (Wildman–Crippen MR) is 271 cm³/mol. The van der Waals surface area contributed by atoms with Gasteiger partial charge in [-0.05, 0) is 118 Å². The van der Waals surface area contributed by atoms with E-state index >= 15 is 0 Å². The van der Waals surface area contributed by atoms with E-state index < -0.39 is 5.41 Å². The van der Waals surface area contributed by atoms with Crippen molar-refractivity contribution >= 4 is 38.6 Å². The maximum atomic E-state index is 2.55. The Morgan fingerprint density at radius 3 is 1.28 bits per heavy atom. The Hall–Kier alpha value is -8.26. The molecule has 302 valence electrons. The van der Waals surface area contributed by atoms with Gasteiger partial charge in [0.05, 0.1) is 11.1 Å². The van der Waals surface area contributed by atoms with E-state index in [-0.39, 0.29) is 5.92 Å². The van der Waals surface area contributed by atoms with Crippen LogP contribution in [-0.2, 0) is 5.41 Å². The lowest BCUT2D eigenvalue weighted by Crippen LogP contribution is -2.25. The van der Waals surface area contributed by atoms with Crippen molar-refractivity contribution in [2.45, 2.75) is 11.3 Å². The zero-order chi connectivity index (χ0) is 42.6. The van der Waals surface area contributed by atoms with Crippen LogP contribution in [0.1, 0.15) is 44.9 Å². The fraction of sp³-hybridized carbons (Fsp3) is 0.0312. The first-order valence-corrected chi connectivity index (χ1v) is 22.8. The second-order valence-corrected chi connectivity index (χ2v) is 17.8. The van der Waals surface area contributed by atoms with Crippen molar-refractivity contribution in [2.75, 3.05) is 4.90 Å². The van der Waals surface area contributed by atoms with Gasteiger partial charge in [0.15, 0.2) is 0 Å². The Balaban J connectivity index is 1.03. The van der Waals surface area contributed by atoms with E-state index in [9.17, 15) is 0 Å². The molecule has 1 heteroatoms. The van der Waals surface area contributed by atoms with Crippen LogP contribution in [-0.4, -0.2) is 0 Å². The predicted octanol–water partition coefficient (Wildman–Crippen LogP) is 16.6. The summed E-state index contributed by atoms with van der Waals surface area (Å²) in [7, 11) is 0. The van der Waals surface area contributed by atoms with Crippen molar-refractivity contribution in [3.63, 3.8) is 0 Å². The molecule has 0 saturated heterocycles. The highest BCUT2D eigenvalue weighted by Crippen LogP contribution is 2.63. The highest BCUT2D eigenvalue weighted by atomic mass is 15.1. The van der Waals surface area contributed by atoms with Crippen LogP contribution in [0, 0.1) is 0 Å². The van der Waals surface area contributed by atoms with Crippen LogP contribution in [0.5, 0.6) is 0 Å². The molecule has 0 heterocycles. The Labute approximate surface area is 379 Å². The molecule has 11 aromatic carbocycles. The first kappa shape index (κ1) is 36.2. The third-order valence-corrected chi connectivity index (χ3v) is 14.7. The van der Waals surface area contributed by atoms with Gasteiger partial charge in [0.1, 0.15) is 0 Å². The van der Waals surface area contributed by atoms with E-state index in [4.69, 9.17) is 0 Å². The minimum Gasteiger partial charge on any atom is -0.309 e. The van der Waals surface area contributed by atoms with Crippen molar-refractivity contribution < 1.29 is 0 Å². The second-order valence-electron chi connectivity index (χ2n) is 17.8. The monoisotopic (exact) mass is 823 g/mol. The number of fused-ring (bicyclic) bond motifs is 15. The molecule has 0 saturated carbocycles. The largest absolute Gasteiger partial charge is 0.309 e. The smallest absolute Gasteiger partial charge is 0.0725 e. The number of nitrogens with zero attached hydrogens (tertiary/aromatic N) is 1. The van der Waals surface area contributed by atoms with Crippen LogP contribution < -0.4 is 4.90 Å². The van der Waals surface area contributed by atoms with Crippen molar-refractivity contribution in [1.82, 2.24) is 0 Å². The molecule has 14 rings (SSSR count). The van der Waals surface area contributed by atoms with Gasteiger partial charge in [-0.25, -0.2) is 0 Å². The lowest BCUT2D eigenvalue weighted by Gasteiger charge is -2.32. The third-order valence-electron chi connectivity index (χ3n) is 14.7. The average Bonchev–Trinajstić information content (AvgIpc) is 3.99. The van der Waals surface area contributed by atoms with E-state index in [1.54, 1.807) is 0 Å². The topological polar surface area (TPSA) is 3.24 Å². The molecule has 0 amide bonds. The molecule has 3 aliphatic carbocycles. The molecule has 0 aliphatic heterocycles. The van der Waals surface area contributed by atoms with Crippen molar-refractivity contribution in [2.24, 2.45) is 0 Å². The summed E-state index contributed by atoms with van der Waals surface area (Å²) in [6, 6.07) is 90.8. The highest BCUT2D eigenvalue weighted by molar-refractivity contribution is 6.22. The van der Waals surface area contributed by atoms with Gasteiger partial charge < -0.3 is 4.90 Å². The summed E-state index contributed by atoms with van der Waals surface area (Å²) >= 11 is 0. The molecular formula is C64H41N. The first-order chi connectivity index (χ1) is 32.3. The van der Waals surface area contributed by atoms with Gasteiger partial charge >= 0.3 is 0 Å². The number of hydrogen-bond donors (Lipinski definition) is 0. The minimum absolute atomic E-state index is 0.168. The Kier molecular flexibility index (Phi) is 7.73. The summed E-state index contributed by atoms with van der Waals surface area (Å²) < 4.78 is 0. The molecule has 0 fully saturated rings. The number of anilines is 3. The molecule has 0 unspecified atom stereocenters. The van der Waals surface area contributed by atoms with Crippen LogP contribution in [0.3, 0.4) is 0 Å². The SMILES string of the molecule is c1ccc(-c2c3ccccc3c(N(c3ccc(C4c5ccccc5-c5ccccc54)cc3)c3ccc4c(c3)-c3ccccc3C43c4ccccc4-c4ccccc43)c3ccccc23)cc1. The lowest BCUT2D eigenvalue weighted by molar-refractivity contribution is 0.794. The van der Waals surface area contributed by atoms with E-state index in [1.807, 2.05) is 0 Å². The highest BCUT2D eigenvalue weighted by Gasteiger charge is 2.51. The molecule has 65 heavy (non-hydrogen) atoms. The summed E-state index contributed by atoms with van der Waals surface area (Å²) in [5, 5.41) is 4.89. The van der Waals surface area contributed by atoms with Gasteiger partial charge in [0.2, 0.25) is 0 Å². The van der Waals surface area contributed by atoms with Crippen LogP contribution >= 0.6 is 0 Å². The Morgan fingerprint density at radius 1 is 0.308 bits per heavy atom. The summed E-state index contributed by atoms with van der Waals surface area (Å²) in [5.41, 5.74) is 22.8. The molecular weight excluding hydrogens is 783 g/mol. The minimum atomic E-state index is -0.408. The lowest BCUT2D eigenvalue weighted by atomic mass is 9.70. The van der Waals surface area contributed by atoms with Gasteiger partial charge in [0, 0.05) is 28.1 Å². The molecule has 1 spiro atoms. The quantitative estimate of drug-likeness (QED) is 0.156. The maximum Gasteiger partial charge on any atom is 0.0725 e. The molecule has 0 atom stereocenters. The van der Waals surface area contributed by atoms with Gasteiger partial charge in [-0.2, -0.15) is 0 Å². The van der Waals surface area contributed by atoms with Crippen molar-refractivity contribution in [1.29, 1.82) is 0 Å². The Bertz CT molecular complexity index is 3580. The van der Waals surface area contributed by atoms with Gasteiger partial charge in [0.25, 0.3) is 0 Å².